The summed E-state index contributed by atoms with van der Waals surface area (Å²) in [6, 6.07) is 7.89. The maximum Gasteiger partial charge on any atom is 0.224 e. The van der Waals surface area contributed by atoms with Gasteiger partial charge in [0.05, 0.1) is 0 Å². The van der Waals surface area contributed by atoms with Gasteiger partial charge in [-0.3, -0.25) is 9.79 Å². The zero-order valence-electron chi connectivity index (χ0n) is 11.9. The Hall–Kier alpha value is -2.04. The number of carbonyl (C=O) groups excluding carboxylic acids is 1. The molecule has 0 atom stereocenters. The molecule has 1 aromatic carbocycles. The fourth-order valence-electron chi connectivity index (χ4n) is 2.05. The smallest absolute Gasteiger partial charge is 0.224 e. The van der Waals surface area contributed by atoms with Crippen LogP contribution in [0.25, 0.3) is 0 Å². The van der Waals surface area contributed by atoms with E-state index in [1.165, 1.54) is 0 Å². The molecule has 1 amide bonds. The maximum absolute atomic E-state index is 11.6. The Morgan fingerprint density at radius 3 is 3.10 bits per heavy atom. The molecular formula is C15H22N4O. The molecule has 0 unspecified atom stereocenters. The van der Waals surface area contributed by atoms with Crippen molar-refractivity contribution in [2.24, 2.45) is 4.99 Å². The van der Waals surface area contributed by atoms with Gasteiger partial charge in [0, 0.05) is 31.7 Å². The van der Waals surface area contributed by atoms with E-state index in [2.05, 4.69) is 20.9 Å². The van der Waals surface area contributed by atoms with Gasteiger partial charge in [-0.2, -0.15) is 0 Å². The first kappa shape index (κ1) is 14.4. The molecule has 3 N–H and O–H groups in total. The summed E-state index contributed by atoms with van der Waals surface area (Å²) in [5.41, 5.74) is 1.97. The molecule has 1 aliphatic rings. The minimum atomic E-state index is 0.0657. The summed E-state index contributed by atoms with van der Waals surface area (Å²) in [5, 5.41) is 9.40. The van der Waals surface area contributed by atoms with E-state index in [0.717, 1.165) is 43.1 Å². The van der Waals surface area contributed by atoms with Gasteiger partial charge in [-0.05, 0) is 30.5 Å². The highest BCUT2D eigenvalue weighted by atomic mass is 16.1. The van der Waals surface area contributed by atoms with Crippen molar-refractivity contribution >= 4 is 17.6 Å². The first-order valence-corrected chi connectivity index (χ1v) is 7.19. The summed E-state index contributed by atoms with van der Waals surface area (Å²) in [6.45, 7) is 4.54. The Labute approximate surface area is 119 Å². The van der Waals surface area contributed by atoms with Crippen LogP contribution in [-0.4, -0.2) is 25.0 Å². The van der Waals surface area contributed by atoms with Gasteiger partial charge in [-0.1, -0.05) is 19.1 Å². The number of nitrogens with one attached hydrogen (secondary N) is 3. The third kappa shape index (κ3) is 4.57. The highest BCUT2D eigenvalue weighted by Gasteiger charge is 2.04. The lowest BCUT2D eigenvalue weighted by Crippen LogP contribution is -2.40. The topological polar surface area (TPSA) is 65.5 Å². The molecule has 0 spiro atoms. The first-order valence-electron chi connectivity index (χ1n) is 7.19. The minimum absolute atomic E-state index is 0.0657. The highest BCUT2D eigenvalue weighted by Crippen LogP contribution is 2.11. The number of hydrogen-bond donors (Lipinski definition) is 3. The summed E-state index contributed by atoms with van der Waals surface area (Å²) >= 11 is 0. The first-order chi connectivity index (χ1) is 9.78. The highest BCUT2D eigenvalue weighted by molar-refractivity contribution is 5.90. The number of benzene rings is 1. The molecule has 1 aromatic rings. The number of rotatable bonds is 5. The third-order valence-electron chi connectivity index (χ3n) is 3.05. The second-order valence-corrected chi connectivity index (χ2v) is 4.86. The van der Waals surface area contributed by atoms with Crippen LogP contribution in [0.15, 0.2) is 29.3 Å². The number of amides is 1. The van der Waals surface area contributed by atoms with E-state index in [1.807, 2.05) is 31.2 Å². The second-order valence-electron chi connectivity index (χ2n) is 4.86. The molecule has 5 nitrogen and oxygen atoms in total. The SMILES string of the molecule is CCCC(=O)Nc1cccc(CNC2=NCCCN2)c1. The fraction of sp³-hybridized carbons (Fsp3) is 0.467. The van der Waals surface area contributed by atoms with E-state index >= 15 is 0 Å². The number of hydrogen-bond acceptors (Lipinski definition) is 4. The largest absolute Gasteiger partial charge is 0.356 e. The molecule has 0 bridgehead atoms. The van der Waals surface area contributed by atoms with Crippen molar-refractivity contribution in [3.8, 4) is 0 Å². The van der Waals surface area contributed by atoms with Gasteiger partial charge in [-0.15, -0.1) is 0 Å². The van der Waals surface area contributed by atoms with E-state index in [9.17, 15) is 4.79 Å². The van der Waals surface area contributed by atoms with Gasteiger partial charge in [0.2, 0.25) is 5.91 Å². The molecule has 0 aliphatic carbocycles. The molecule has 0 aromatic heterocycles. The van der Waals surface area contributed by atoms with E-state index in [1.54, 1.807) is 0 Å². The van der Waals surface area contributed by atoms with Crippen molar-refractivity contribution in [1.29, 1.82) is 0 Å². The van der Waals surface area contributed by atoms with E-state index in [0.29, 0.717) is 13.0 Å². The summed E-state index contributed by atoms with van der Waals surface area (Å²) in [4.78, 5) is 15.9. The Kier molecular flexibility index (Phi) is 5.41. The van der Waals surface area contributed by atoms with E-state index in [-0.39, 0.29) is 5.91 Å². The van der Waals surface area contributed by atoms with Gasteiger partial charge < -0.3 is 16.0 Å². The molecule has 0 fully saturated rings. The molecular weight excluding hydrogens is 252 g/mol. The summed E-state index contributed by atoms with van der Waals surface area (Å²) in [5.74, 6) is 0.924. The van der Waals surface area contributed by atoms with Crippen LogP contribution in [-0.2, 0) is 11.3 Å². The Morgan fingerprint density at radius 1 is 1.45 bits per heavy atom. The van der Waals surface area contributed by atoms with Crippen molar-refractivity contribution in [3.05, 3.63) is 29.8 Å². The van der Waals surface area contributed by atoms with Crippen molar-refractivity contribution in [2.75, 3.05) is 18.4 Å². The van der Waals surface area contributed by atoms with E-state index < -0.39 is 0 Å². The number of anilines is 1. The summed E-state index contributed by atoms with van der Waals surface area (Å²) in [7, 11) is 0. The summed E-state index contributed by atoms with van der Waals surface area (Å²) in [6.07, 6.45) is 2.51. The molecule has 0 saturated carbocycles. The zero-order chi connectivity index (χ0) is 14.2. The van der Waals surface area contributed by atoms with Gasteiger partial charge in [0.25, 0.3) is 0 Å². The molecule has 0 saturated heterocycles. The lowest BCUT2D eigenvalue weighted by Gasteiger charge is -2.16. The van der Waals surface area contributed by atoms with Gasteiger partial charge in [0.15, 0.2) is 5.96 Å². The predicted molar refractivity (Wildman–Crippen MR) is 81.7 cm³/mol. The molecule has 2 rings (SSSR count). The minimum Gasteiger partial charge on any atom is -0.356 e. The normalized spacial score (nSPS) is 14.2. The summed E-state index contributed by atoms with van der Waals surface area (Å²) < 4.78 is 0. The quantitative estimate of drug-likeness (QED) is 0.768. The van der Waals surface area contributed by atoms with Crippen LogP contribution in [0.5, 0.6) is 0 Å². The average molecular weight is 274 g/mol. The Balaban J connectivity index is 1.88. The van der Waals surface area contributed by atoms with Crippen LogP contribution >= 0.6 is 0 Å². The van der Waals surface area contributed by atoms with Crippen molar-refractivity contribution in [2.45, 2.75) is 32.7 Å². The van der Waals surface area contributed by atoms with Crippen LogP contribution in [0.1, 0.15) is 31.7 Å². The van der Waals surface area contributed by atoms with Crippen LogP contribution in [0.3, 0.4) is 0 Å². The Bertz CT molecular complexity index is 485. The molecule has 5 heteroatoms. The molecule has 1 aliphatic heterocycles. The lowest BCUT2D eigenvalue weighted by molar-refractivity contribution is -0.116. The fourth-order valence-corrected chi connectivity index (χ4v) is 2.05. The van der Waals surface area contributed by atoms with Crippen molar-refractivity contribution < 1.29 is 4.79 Å². The van der Waals surface area contributed by atoms with E-state index in [4.69, 9.17) is 0 Å². The molecule has 1 heterocycles. The molecule has 0 radical (unpaired) electrons. The van der Waals surface area contributed by atoms with Crippen LogP contribution in [0.2, 0.25) is 0 Å². The van der Waals surface area contributed by atoms with Gasteiger partial charge in [-0.25, -0.2) is 0 Å². The third-order valence-corrected chi connectivity index (χ3v) is 3.05. The van der Waals surface area contributed by atoms with Gasteiger partial charge in [0.1, 0.15) is 0 Å². The van der Waals surface area contributed by atoms with Crippen molar-refractivity contribution in [1.82, 2.24) is 10.6 Å². The number of nitrogens with zero attached hydrogens (tertiary/aromatic N) is 1. The molecule has 20 heavy (non-hydrogen) atoms. The monoisotopic (exact) mass is 274 g/mol. The second kappa shape index (κ2) is 7.53. The number of guanidine groups is 1. The standard InChI is InChI=1S/C15H22N4O/c1-2-5-14(20)19-13-7-3-6-12(10-13)11-18-15-16-8-4-9-17-15/h3,6-7,10H,2,4-5,8-9,11H2,1H3,(H,19,20)(H2,16,17,18). The number of carbonyl (C=O) groups is 1. The average Bonchev–Trinajstić information content (AvgIpc) is 2.47. The maximum atomic E-state index is 11.6. The molecule has 108 valence electrons. The predicted octanol–water partition coefficient (Wildman–Crippen LogP) is 1.86. The van der Waals surface area contributed by atoms with Gasteiger partial charge >= 0.3 is 0 Å². The van der Waals surface area contributed by atoms with Crippen LogP contribution in [0, 0.1) is 0 Å². The van der Waals surface area contributed by atoms with Crippen LogP contribution in [0.4, 0.5) is 5.69 Å². The lowest BCUT2D eigenvalue weighted by atomic mass is 10.2. The zero-order valence-corrected chi connectivity index (χ0v) is 11.9. The Morgan fingerprint density at radius 2 is 2.35 bits per heavy atom. The number of aliphatic imine (C=N–C) groups is 1. The van der Waals surface area contributed by atoms with Crippen molar-refractivity contribution in [3.63, 3.8) is 0 Å². The van der Waals surface area contributed by atoms with Crippen LogP contribution < -0.4 is 16.0 Å².